The lowest BCUT2D eigenvalue weighted by molar-refractivity contribution is 0.0754. The summed E-state index contributed by atoms with van der Waals surface area (Å²) in [5.41, 5.74) is 0.273. The molecule has 0 spiro atoms. The van der Waals surface area contributed by atoms with E-state index in [0.717, 1.165) is 12.8 Å². The van der Waals surface area contributed by atoms with Gasteiger partial charge in [-0.25, -0.2) is 8.42 Å². The zero-order valence-electron chi connectivity index (χ0n) is 12.1. The molecule has 0 saturated heterocycles. The summed E-state index contributed by atoms with van der Waals surface area (Å²) in [6.07, 6.45) is 1.86. The molecule has 1 N–H and O–H groups in total. The van der Waals surface area contributed by atoms with E-state index in [1.165, 1.54) is 18.2 Å². The molecule has 1 aromatic carbocycles. The van der Waals surface area contributed by atoms with Gasteiger partial charge in [-0.15, -0.1) is 0 Å². The number of carbonyl (C=O) groups is 1. The standard InChI is InChI=1S/C14H20ClNO4S/c1-11(2)20-9-4-3-8-16-14(17)12-6-5-7-13(10-12)21(15,18)19/h5-7,10-11H,3-4,8-9H2,1-2H3,(H,16,17). The SMILES string of the molecule is CC(C)OCCCCNC(=O)c1cccc(S(=O)(=O)Cl)c1. The number of hydrogen-bond acceptors (Lipinski definition) is 4. The number of nitrogens with one attached hydrogen (secondary N) is 1. The van der Waals surface area contributed by atoms with E-state index >= 15 is 0 Å². The van der Waals surface area contributed by atoms with Crippen molar-refractivity contribution >= 4 is 25.6 Å². The predicted molar refractivity (Wildman–Crippen MR) is 82.1 cm³/mol. The van der Waals surface area contributed by atoms with Gasteiger partial charge in [0.05, 0.1) is 11.0 Å². The molecule has 21 heavy (non-hydrogen) atoms. The molecular formula is C14H20ClNO4S. The Bertz CT molecular complexity index is 572. The van der Waals surface area contributed by atoms with Gasteiger partial charge in [0.1, 0.15) is 0 Å². The Hall–Kier alpha value is -1.11. The molecule has 7 heteroatoms. The van der Waals surface area contributed by atoms with Gasteiger partial charge in [-0.3, -0.25) is 4.79 Å². The summed E-state index contributed by atoms with van der Waals surface area (Å²) in [5.74, 6) is -0.318. The van der Waals surface area contributed by atoms with Gasteiger partial charge in [0.25, 0.3) is 15.0 Å². The molecule has 5 nitrogen and oxygen atoms in total. The minimum Gasteiger partial charge on any atom is -0.379 e. The predicted octanol–water partition coefficient (Wildman–Crippen LogP) is 2.55. The molecule has 0 aliphatic carbocycles. The normalized spacial score (nSPS) is 11.6. The fourth-order valence-electron chi connectivity index (χ4n) is 1.64. The van der Waals surface area contributed by atoms with Gasteiger partial charge < -0.3 is 10.1 Å². The van der Waals surface area contributed by atoms with E-state index in [1.54, 1.807) is 6.07 Å². The number of hydrogen-bond donors (Lipinski definition) is 1. The smallest absolute Gasteiger partial charge is 0.261 e. The largest absolute Gasteiger partial charge is 0.379 e. The van der Waals surface area contributed by atoms with E-state index in [9.17, 15) is 13.2 Å². The van der Waals surface area contributed by atoms with Crippen LogP contribution in [0.2, 0.25) is 0 Å². The van der Waals surface area contributed by atoms with Crippen molar-refractivity contribution in [2.45, 2.75) is 37.7 Å². The average Bonchev–Trinajstić information content (AvgIpc) is 2.41. The van der Waals surface area contributed by atoms with Gasteiger partial charge in [0.2, 0.25) is 0 Å². The van der Waals surface area contributed by atoms with Gasteiger partial charge in [-0.2, -0.15) is 0 Å². The summed E-state index contributed by atoms with van der Waals surface area (Å²) in [7, 11) is 1.43. The van der Waals surface area contributed by atoms with Gasteiger partial charge in [0, 0.05) is 29.4 Å². The molecule has 0 saturated carbocycles. The number of rotatable bonds is 8. The van der Waals surface area contributed by atoms with Crippen molar-refractivity contribution in [1.29, 1.82) is 0 Å². The lowest BCUT2D eigenvalue weighted by atomic mass is 10.2. The van der Waals surface area contributed by atoms with Crippen molar-refractivity contribution in [2.24, 2.45) is 0 Å². The minimum absolute atomic E-state index is 0.0813. The molecular weight excluding hydrogens is 314 g/mol. The van der Waals surface area contributed by atoms with E-state index in [2.05, 4.69) is 5.32 Å². The van der Waals surface area contributed by atoms with Crippen LogP contribution in [0.1, 0.15) is 37.0 Å². The van der Waals surface area contributed by atoms with E-state index < -0.39 is 9.05 Å². The quantitative estimate of drug-likeness (QED) is 0.586. The Kier molecular flexibility index (Phi) is 7.14. The summed E-state index contributed by atoms with van der Waals surface area (Å²) in [5, 5.41) is 2.73. The molecule has 0 aliphatic heterocycles. The summed E-state index contributed by atoms with van der Waals surface area (Å²) >= 11 is 0. The molecule has 1 amide bonds. The monoisotopic (exact) mass is 333 g/mol. The molecule has 0 heterocycles. The van der Waals surface area contributed by atoms with Crippen LogP contribution in [0.4, 0.5) is 0 Å². The third kappa shape index (κ3) is 6.93. The van der Waals surface area contributed by atoms with Gasteiger partial charge in [0.15, 0.2) is 0 Å². The Labute approximate surface area is 130 Å². The number of carbonyl (C=O) groups excluding carboxylic acids is 1. The molecule has 0 unspecified atom stereocenters. The van der Waals surface area contributed by atoms with Crippen molar-refractivity contribution in [2.75, 3.05) is 13.2 Å². The second-order valence-corrected chi connectivity index (χ2v) is 7.41. The fraction of sp³-hybridized carbons (Fsp3) is 0.500. The van der Waals surface area contributed by atoms with Crippen LogP contribution >= 0.6 is 10.7 Å². The van der Waals surface area contributed by atoms with E-state index in [0.29, 0.717) is 13.2 Å². The van der Waals surface area contributed by atoms with E-state index in [4.69, 9.17) is 15.4 Å². The summed E-state index contributed by atoms with van der Waals surface area (Å²) in [4.78, 5) is 11.8. The Balaban J connectivity index is 2.43. The molecule has 0 bridgehead atoms. The van der Waals surface area contributed by atoms with Crippen molar-refractivity contribution in [1.82, 2.24) is 5.32 Å². The Morgan fingerprint density at radius 3 is 2.67 bits per heavy atom. The molecule has 0 atom stereocenters. The van der Waals surface area contributed by atoms with Crippen LogP contribution in [0.15, 0.2) is 29.2 Å². The molecule has 1 rings (SSSR count). The van der Waals surface area contributed by atoms with Gasteiger partial charge >= 0.3 is 0 Å². The van der Waals surface area contributed by atoms with Gasteiger partial charge in [-0.05, 0) is 44.9 Å². The maximum absolute atomic E-state index is 11.9. The highest BCUT2D eigenvalue weighted by atomic mass is 35.7. The third-order valence-electron chi connectivity index (χ3n) is 2.69. The first-order valence-electron chi connectivity index (χ1n) is 6.75. The van der Waals surface area contributed by atoms with Gasteiger partial charge in [-0.1, -0.05) is 6.07 Å². The van der Waals surface area contributed by atoms with Crippen molar-refractivity contribution in [3.63, 3.8) is 0 Å². The number of halogens is 1. The molecule has 118 valence electrons. The minimum atomic E-state index is -3.82. The third-order valence-corrected chi connectivity index (χ3v) is 4.04. The van der Waals surface area contributed by atoms with Crippen molar-refractivity contribution in [3.05, 3.63) is 29.8 Å². The number of amides is 1. The molecule has 0 radical (unpaired) electrons. The lowest BCUT2D eigenvalue weighted by Crippen LogP contribution is -2.24. The number of ether oxygens (including phenoxy) is 1. The molecule has 0 aliphatic rings. The first-order valence-corrected chi connectivity index (χ1v) is 9.06. The zero-order chi connectivity index (χ0) is 15.9. The number of benzene rings is 1. The van der Waals surface area contributed by atoms with Crippen LogP contribution in [0.3, 0.4) is 0 Å². The molecule has 0 fully saturated rings. The Morgan fingerprint density at radius 1 is 1.33 bits per heavy atom. The fourth-order valence-corrected chi connectivity index (χ4v) is 2.44. The van der Waals surface area contributed by atoms with Crippen LogP contribution in [-0.4, -0.2) is 33.6 Å². The van der Waals surface area contributed by atoms with E-state index in [-0.39, 0.29) is 22.5 Å². The highest BCUT2D eigenvalue weighted by Gasteiger charge is 2.13. The first-order chi connectivity index (χ1) is 9.80. The summed E-state index contributed by atoms with van der Waals surface area (Å²) in [6.45, 7) is 5.12. The van der Waals surface area contributed by atoms with Crippen molar-refractivity contribution < 1.29 is 17.9 Å². The van der Waals surface area contributed by atoms with Crippen LogP contribution in [0.5, 0.6) is 0 Å². The second-order valence-electron chi connectivity index (χ2n) is 4.85. The average molecular weight is 334 g/mol. The lowest BCUT2D eigenvalue weighted by Gasteiger charge is -2.08. The highest BCUT2D eigenvalue weighted by molar-refractivity contribution is 8.13. The summed E-state index contributed by atoms with van der Waals surface area (Å²) < 4.78 is 27.8. The zero-order valence-corrected chi connectivity index (χ0v) is 13.7. The van der Waals surface area contributed by atoms with E-state index in [1.807, 2.05) is 13.8 Å². The van der Waals surface area contributed by atoms with Crippen LogP contribution in [-0.2, 0) is 13.8 Å². The van der Waals surface area contributed by atoms with Crippen LogP contribution in [0, 0.1) is 0 Å². The molecule has 0 aromatic heterocycles. The summed E-state index contributed by atoms with van der Waals surface area (Å²) in [6, 6.07) is 5.64. The maximum atomic E-state index is 11.9. The topological polar surface area (TPSA) is 72.5 Å². The first kappa shape index (κ1) is 17.9. The number of unbranched alkanes of at least 4 members (excludes halogenated alkanes) is 1. The molecule has 1 aromatic rings. The van der Waals surface area contributed by atoms with Crippen LogP contribution < -0.4 is 5.32 Å². The van der Waals surface area contributed by atoms with Crippen molar-refractivity contribution in [3.8, 4) is 0 Å². The maximum Gasteiger partial charge on any atom is 0.261 e. The highest BCUT2D eigenvalue weighted by Crippen LogP contribution is 2.16. The Morgan fingerprint density at radius 2 is 2.05 bits per heavy atom. The second kappa shape index (κ2) is 8.36. The van der Waals surface area contributed by atoms with Crippen LogP contribution in [0.25, 0.3) is 0 Å².